The van der Waals surface area contributed by atoms with E-state index in [-0.39, 0.29) is 10.7 Å². The monoisotopic (exact) mass is 206 g/mol. The average molecular weight is 207 g/mol. The molecule has 1 heterocycles. The molecule has 2 nitrogen and oxygen atoms in total. The topological polar surface area (TPSA) is 36.7 Å². The molecular formula is C10H4ClFN2. The van der Waals surface area contributed by atoms with E-state index in [0.717, 1.165) is 0 Å². The second-order valence-corrected chi connectivity index (χ2v) is 3.09. The Morgan fingerprint density at radius 1 is 1.36 bits per heavy atom. The molecule has 0 bridgehead atoms. The van der Waals surface area contributed by atoms with E-state index in [9.17, 15) is 4.39 Å². The molecule has 2 aromatic rings. The van der Waals surface area contributed by atoms with E-state index < -0.39 is 5.82 Å². The highest BCUT2D eigenvalue weighted by Crippen LogP contribution is 2.24. The van der Waals surface area contributed by atoms with E-state index in [1.165, 1.54) is 18.3 Å². The molecule has 0 spiro atoms. The van der Waals surface area contributed by atoms with E-state index in [4.69, 9.17) is 16.9 Å². The maximum Gasteiger partial charge on any atom is 0.147 e. The van der Waals surface area contributed by atoms with Gasteiger partial charge in [-0.15, -0.1) is 0 Å². The number of aromatic nitrogens is 1. The molecule has 1 aromatic carbocycles. The first-order valence-corrected chi connectivity index (χ1v) is 4.24. The van der Waals surface area contributed by atoms with Gasteiger partial charge in [0.1, 0.15) is 17.0 Å². The van der Waals surface area contributed by atoms with Gasteiger partial charge in [0.25, 0.3) is 0 Å². The van der Waals surface area contributed by atoms with Crippen molar-refractivity contribution in [3.8, 4) is 6.07 Å². The molecule has 0 atom stereocenters. The first-order chi connectivity index (χ1) is 6.74. The molecule has 0 saturated heterocycles. The van der Waals surface area contributed by atoms with Gasteiger partial charge in [-0.2, -0.15) is 5.26 Å². The Bertz CT molecular complexity index is 546. The highest BCUT2D eigenvalue weighted by atomic mass is 35.5. The fourth-order valence-corrected chi connectivity index (χ4v) is 1.48. The highest BCUT2D eigenvalue weighted by Gasteiger charge is 2.08. The van der Waals surface area contributed by atoms with Crippen molar-refractivity contribution in [1.82, 2.24) is 4.98 Å². The normalized spacial score (nSPS) is 10.1. The van der Waals surface area contributed by atoms with Gasteiger partial charge in [0, 0.05) is 17.0 Å². The van der Waals surface area contributed by atoms with Gasteiger partial charge in [-0.05, 0) is 6.07 Å². The average Bonchev–Trinajstić information content (AvgIpc) is 2.18. The molecule has 0 aliphatic carbocycles. The summed E-state index contributed by atoms with van der Waals surface area (Å²) in [4.78, 5) is 3.74. The van der Waals surface area contributed by atoms with Crippen LogP contribution in [-0.2, 0) is 0 Å². The molecule has 68 valence electrons. The Balaban J connectivity index is 2.97. The van der Waals surface area contributed by atoms with E-state index in [2.05, 4.69) is 4.98 Å². The van der Waals surface area contributed by atoms with Crippen molar-refractivity contribution in [3.05, 3.63) is 40.9 Å². The van der Waals surface area contributed by atoms with Crippen molar-refractivity contribution in [2.24, 2.45) is 0 Å². The summed E-state index contributed by atoms with van der Waals surface area (Å²) in [5.41, 5.74) is 0.212. The van der Waals surface area contributed by atoms with Crippen LogP contribution in [0.1, 0.15) is 5.56 Å². The number of halogens is 2. The quantitative estimate of drug-likeness (QED) is 0.622. The van der Waals surface area contributed by atoms with Crippen molar-refractivity contribution in [3.63, 3.8) is 0 Å². The summed E-state index contributed by atoms with van der Waals surface area (Å²) in [6, 6.07) is 6.40. The van der Waals surface area contributed by atoms with Crippen LogP contribution >= 0.6 is 11.6 Å². The summed E-state index contributed by atoms with van der Waals surface area (Å²) >= 11 is 5.70. The molecule has 0 amide bonds. The van der Waals surface area contributed by atoms with Gasteiger partial charge < -0.3 is 0 Å². The number of fused-ring (bicyclic) bond motifs is 1. The molecule has 0 aliphatic rings. The summed E-state index contributed by atoms with van der Waals surface area (Å²) in [5.74, 6) is -0.400. The predicted octanol–water partition coefficient (Wildman–Crippen LogP) is 2.90. The lowest BCUT2D eigenvalue weighted by molar-refractivity contribution is 0.639. The Hall–Kier alpha value is -1.66. The standard InChI is InChI=1S/C10H4ClFN2/c11-10-7(4-13)6-2-1-3-9(12)8(6)5-14-10/h1-3,5H. The summed E-state index contributed by atoms with van der Waals surface area (Å²) in [7, 11) is 0. The van der Waals surface area contributed by atoms with Crippen LogP contribution in [0.2, 0.25) is 5.15 Å². The van der Waals surface area contributed by atoms with Crippen LogP contribution in [0.5, 0.6) is 0 Å². The van der Waals surface area contributed by atoms with Gasteiger partial charge in [-0.3, -0.25) is 0 Å². The SMILES string of the molecule is N#Cc1c(Cl)ncc2c(F)cccc12. The first-order valence-electron chi connectivity index (χ1n) is 3.87. The van der Waals surface area contributed by atoms with Crippen LogP contribution in [0.3, 0.4) is 0 Å². The van der Waals surface area contributed by atoms with E-state index in [1.807, 2.05) is 6.07 Å². The van der Waals surface area contributed by atoms with Gasteiger partial charge in [0.15, 0.2) is 0 Å². The zero-order valence-corrected chi connectivity index (χ0v) is 7.72. The fourth-order valence-electron chi connectivity index (χ4n) is 1.29. The van der Waals surface area contributed by atoms with Gasteiger partial charge in [-0.1, -0.05) is 23.7 Å². The third-order valence-corrected chi connectivity index (χ3v) is 2.23. The molecule has 0 radical (unpaired) electrons. The van der Waals surface area contributed by atoms with Gasteiger partial charge in [-0.25, -0.2) is 9.37 Å². The van der Waals surface area contributed by atoms with E-state index in [0.29, 0.717) is 10.8 Å². The van der Waals surface area contributed by atoms with Gasteiger partial charge in [0.05, 0.1) is 5.56 Å². The van der Waals surface area contributed by atoms with E-state index in [1.54, 1.807) is 6.07 Å². The molecule has 0 unspecified atom stereocenters. The molecule has 0 fully saturated rings. The highest BCUT2D eigenvalue weighted by molar-refractivity contribution is 6.31. The maximum absolute atomic E-state index is 13.2. The second-order valence-electron chi connectivity index (χ2n) is 2.74. The number of benzene rings is 1. The Kier molecular flexibility index (Phi) is 2.06. The summed E-state index contributed by atoms with van der Waals surface area (Å²) in [6.45, 7) is 0. The van der Waals surface area contributed by atoms with Crippen LogP contribution in [0.15, 0.2) is 24.4 Å². The minimum absolute atomic E-state index is 0.102. The Morgan fingerprint density at radius 2 is 2.14 bits per heavy atom. The molecule has 14 heavy (non-hydrogen) atoms. The molecule has 2 rings (SSSR count). The minimum Gasteiger partial charge on any atom is -0.242 e. The molecule has 0 aliphatic heterocycles. The molecule has 0 saturated carbocycles. The fraction of sp³-hybridized carbons (Fsp3) is 0. The van der Waals surface area contributed by atoms with Crippen LogP contribution < -0.4 is 0 Å². The lowest BCUT2D eigenvalue weighted by atomic mass is 10.1. The molecule has 4 heteroatoms. The van der Waals surface area contributed by atoms with Gasteiger partial charge >= 0.3 is 0 Å². The molecule has 0 N–H and O–H groups in total. The van der Waals surface area contributed by atoms with Crippen molar-refractivity contribution >= 4 is 22.4 Å². The number of pyridine rings is 1. The number of nitriles is 1. The van der Waals surface area contributed by atoms with Crippen LogP contribution in [-0.4, -0.2) is 4.98 Å². The number of rotatable bonds is 0. The predicted molar refractivity (Wildman–Crippen MR) is 51.4 cm³/mol. The third kappa shape index (κ3) is 1.21. The lowest BCUT2D eigenvalue weighted by Crippen LogP contribution is -1.88. The Morgan fingerprint density at radius 3 is 2.86 bits per heavy atom. The van der Waals surface area contributed by atoms with E-state index >= 15 is 0 Å². The van der Waals surface area contributed by atoms with Crippen molar-refractivity contribution in [1.29, 1.82) is 5.26 Å². The van der Waals surface area contributed by atoms with Crippen LogP contribution in [0, 0.1) is 17.1 Å². The van der Waals surface area contributed by atoms with Crippen molar-refractivity contribution < 1.29 is 4.39 Å². The van der Waals surface area contributed by atoms with Crippen LogP contribution in [0.25, 0.3) is 10.8 Å². The second kappa shape index (κ2) is 3.24. The maximum atomic E-state index is 13.2. The Labute approximate surface area is 84.6 Å². The summed E-state index contributed by atoms with van der Waals surface area (Å²) in [6.07, 6.45) is 1.33. The third-order valence-electron chi connectivity index (χ3n) is 1.95. The summed E-state index contributed by atoms with van der Waals surface area (Å²) in [5, 5.41) is 9.72. The van der Waals surface area contributed by atoms with Crippen molar-refractivity contribution in [2.45, 2.75) is 0 Å². The first kappa shape index (κ1) is 8.92. The lowest BCUT2D eigenvalue weighted by Gasteiger charge is -2.01. The smallest absolute Gasteiger partial charge is 0.147 e. The zero-order valence-electron chi connectivity index (χ0n) is 6.96. The number of hydrogen-bond acceptors (Lipinski definition) is 2. The van der Waals surface area contributed by atoms with Gasteiger partial charge in [0.2, 0.25) is 0 Å². The summed E-state index contributed by atoms with van der Waals surface area (Å²) < 4.78 is 13.2. The largest absolute Gasteiger partial charge is 0.242 e. The minimum atomic E-state index is -0.400. The van der Waals surface area contributed by atoms with Crippen LogP contribution in [0.4, 0.5) is 4.39 Å². The number of nitrogens with zero attached hydrogens (tertiary/aromatic N) is 2. The zero-order chi connectivity index (χ0) is 10.1. The molecular weight excluding hydrogens is 203 g/mol. The molecule has 1 aromatic heterocycles. The van der Waals surface area contributed by atoms with Crippen molar-refractivity contribution in [2.75, 3.05) is 0 Å². The number of hydrogen-bond donors (Lipinski definition) is 0.